The van der Waals surface area contributed by atoms with Gasteiger partial charge in [0.2, 0.25) is 0 Å². The maximum Gasteiger partial charge on any atom is 0.118 e. The number of hydrogen-bond acceptors (Lipinski definition) is 3. The molecule has 2 fully saturated rings. The molecule has 0 bridgehead atoms. The number of nitrogens with one attached hydrogen (secondary N) is 1. The van der Waals surface area contributed by atoms with Gasteiger partial charge in [0.1, 0.15) is 5.75 Å². The van der Waals surface area contributed by atoms with Crippen LogP contribution in [0.15, 0.2) is 24.3 Å². The van der Waals surface area contributed by atoms with E-state index in [1.165, 1.54) is 18.4 Å². The van der Waals surface area contributed by atoms with Gasteiger partial charge >= 0.3 is 0 Å². The Morgan fingerprint density at radius 3 is 2.47 bits per heavy atom. The SMILES string of the molecule is COc1ccc(C(NCC2(CO)CC2)C2CC2)cc1. The summed E-state index contributed by atoms with van der Waals surface area (Å²) in [5, 5.41) is 13.1. The van der Waals surface area contributed by atoms with Gasteiger partial charge in [-0.1, -0.05) is 12.1 Å². The van der Waals surface area contributed by atoms with Crippen molar-refractivity contribution >= 4 is 0 Å². The molecule has 0 radical (unpaired) electrons. The molecule has 2 aliphatic carbocycles. The summed E-state index contributed by atoms with van der Waals surface area (Å²) < 4.78 is 5.21. The first-order valence-corrected chi connectivity index (χ1v) is 7.24. The molecule has 0 heterocycles. The highest BCUT2D eigenvalue weighted by molar-refractivity contribution is 5.30. The van der Waals surface area contributed by atoms with Crippen LogP contribution in [0.25, 0.3) is 0 Å². The number of rotatable bonds is 7. The fraction of sp³-hybridized carbons (Fsp3) is 0.625. The van der Waals surface area contributed by atoms with Gasteiger partial charge in [-0.15, -0.1) is 0 Å². The van der Waals surface area contributed by atoms with Crippen LogP contribution in [-0.4, -0.2) is 25.4 Å². The summed E-state index contributed by atoms with van der Waals surface area (Å²) in [6.45, 7) is 1.26. The van der Waals surface area contributed by atoms with Crippen LogP contribution in [0, 0.1) is 11.3 Å². The first-order valence-electron chi connectivity index (χ1n) is 7.24. The molecule has 0 aromatic heterocycles. The second-order valence-electron chi connectivity index (χ2n) is 6.13. The highest BCUT2D eigenvalue weighted by Gasteiger charge is 2.43. The van der Waals surface area contributed by atoms with Crippen LogP contribution in [0.4, 0.5) is 0 Å². The monoisotopic (exact) mass is 261 g/mol. The molecule has 3 heteroatoms. The van der Waals surface area contributed by atoms with E-state index in [4.69, 9.17) is 4.74 Å². The van der Waals surface area contributed by atoms with Gasteiger partial charge in [-0.3, -0.25) is 0 Å². The Kier molecular flexibility index (Phi) is 3.50. The zero-order chi connectivity index (χ0) is 13.3. The van der Waals surface area contributed by atoms with Crippen LogP contribution in [-0.2, 0) is 0 Å². The largest absolute Gasteiger partial charge is 0.497 e. The molecule has 3 nitrogen and oxygen atoms in total. The van der Waals surface area contributed by atoms with Crippen LogP contribution in [0.3, 0.4) is 0 Å². The zero-order valence-electron chi connectivity index (χ0n) is 11.6. The highest BCUT2D eigenvalue weighted by atomic mass is 16.5. The minimum atomic E-state index is 0.180. The van der Waals surface area contributed by atoms with Crippen molar-refractivity contribution in [1.82, 2.24) is 5.32 Å². The molecule has 1 aromatic carbocycles. The van der Waals surface area contributed by atoms with Crippen molar-refractivity contribution in [2.24, 2.45) is 11.3 Å². The fourth-order valence-electron chi connectivity index (χ4n) is 2.69. The van der Waals surface area contributed by atoms with Crippen molar-refractivity contribution in [2.75, 3.05) is 20.3 Å². The molecule has 2 aliphatic rings. The Morgan fingerprint density at radius 1 is 1.32 bits per heavy atom. The smallest absolute Gasteiger partial charge is 0.118 e. The molecular formula is C16H23NO2. The maximum atomic E-state index is 9.41. The molecule has 19 heavy (non-hydrogen) atoms. The van der Waals surface area contributed by atoms with Crippen molar-refractivity contribution in [2.45, 2.75) is 31.7 Å². The van der Waals surface area contributed by atoms with E-state index in [1.807, 2.05) is 12.1 Å². The van der Waals surface area contributed by atoms with Gasteiger partial charge in [0.25, 0.3) is 0 Å². The molecule has 1 aromatic rings. The Morgan fingerprint density at radius 2 is 2.00 bits per heavy atom. The van der Waals surface area contributed by atoms with Crippen LogP contribution >= 0.6 is 0 Å². The minimum absolute atomic E-state index is 0.180. The standard InChI is InChI=1S/C16H23NO2/c1-19-14-6-4-13(5-7-14)15(12-2-3-12)17-10-16(11-18)8-9-16/h4-7,12,15,17-18H,2-3,8-11H2,1H3. The Hall–Kier alpha value is -1.06. The van der Waals surface area contributed by atoms with E-state index in [0.29, 0.717) is 12.6 Å². The topological polar surface area (TPSA) is 41.5 Å². The number of ether oxygens (including phenoxy) is 1. The summed E-state index contributed by atoms with van der Waals surface area (Å²) >= 11 is 0. The van der Waals surface area contributed by atoms with E-state index < -0.39 is 0 Å². The van der Waals surface area contributed by atoms with Crippen molar-refractivity contribution in [1.29, 1.82) is 0 Å². The van der Waals surface area contributed by atoms with Crippen molar-refractivity contribution < 1.29 is 9.84 Å². The molecule has 2 N–H and O–H groups in total. The van der Waals surface area contributed by atoms with Gasteiger partial charge in [0.05, 0.1) is 7.11 Å². The number of hydrogen-bond donors (Lipinski definition) is 2. The molecule has 0 saturated heterocycles. The van der Waals surface area contributed by atoms with Gasteiger partial charge in [-0.2, -0.15) is 0 Å². The van der Waals surface area contributed by atoms with Gasteiger partial charge in [0, 0.05) is 24.6 Å². The van der Waals surface area contributed by atoms with Gasteiger partial charge < -0.3 is 15.2 Å². The van der Waals surface area contributed by atoms with E-state index in [9.17, 15) is 5.11 Å². The third kappa shape index (κ3) is 2.93. The molecule has 0 spiro atoms. The number of aliphatic hydroxyl groups excluding tert-OH is 1. The second kappa shape index (κ2) is 5.14. The summed E-state index contributed by atoms with van der Waals surface area (Å²) in [7, 11) is 1.70. The lowest BCUT2D eigenvalue weighted by molar-refractivity contribution is 0.202. The maximum absolute atomic E-state index is 9.41. The van der Waals surface area contributed by atoms with Gasteiger partial charge in [-0.25, -0.2) is 0 Å². The van der Waals surface area contributed by atoms with E-state index in [0.717, 1.165) is 31.1 Å². The fourth-order valence-corrected chi connectivity index (χ4v) is 2.69. The van der Waals surface area contributed by atoms with Crippen molar-refractivity contribution in [3.05, 3.63) is 29.8 Å². The minimum Gasteiger partial charge on any atom is -0.497 e. The van der Waals surface area contributed by atoms with Crippen LogP contribution in [0.2, 0.25) is 0 Å². The van der Waals surface area contributed by atoms with Crippen molar-refractivity contribution in [3.63, 3.8) is 0 Å². The molecule has 2 saturated carbocycles. The average molecular weight is 261 g/mol. The van der Waals surface area contributed by atoms with E-state index >= 15 is 0 Å². The lowest BCUT2D eigenvalue weighted by Crippen LogP contribution is -2.31. The Labute approximate surface area is 115 Å². The predicted octanol–water partition coefficient (Wildman–Crippen LogP) is 2.51. The summed E-state index contributed by atoms with van der Waals surface area (Å²) in [5.41, 5.74) is 1.52. The first kappa shape index (κ1) is 12.9. The predicted molar refractivity (Wildman–Crippen MR) is 75.2 cm³/mol. The average Bonchev–Trinajstić information content (AvgIpc) is 3.35. The third-order valence-corrected chi connectivity index (χ3v) is 4.56. The van der Waals surface area contributed by atoms with E-state index in [2.05, 4.69) is 17.4 Å². The molecule has 3 rings (SSSR count). The first-order chi connectivity index (χ1) is 9.26. The van der Waals surface area contributed by atoms with Crippen molar-refractivity contribution in [3.8, 4) is 5.75 Å². The van der Waals surface area contributed by atoms with Crippen LogP contribution in [0.5, 0.6) is 5.75 Å². The summed E-state index contributed by atoms with van der Waals surface area (Å²) in [6, 6.07) is 8.83. The summed E-state index contributed by atoms with van der Waals surface area (Å²) in [5.74, 6) is 1.68. The molecule has 1 atom stereocenters. The highest BCUT2D eigenvalue weighted by Crippen LogP contribution is 2.46. The normalized spacial score (nSPS) is 22.0. The van der Waals surface area contributed by atoms with E-state index in [1.54, 1.807) is 7.11 Å². The summed E-state index contributed by atoms with van der Waals surface area (Å²) in [6.07, 6.45) is 4.96. The molecule has 0 aliphatic heterocycles. The Bertz CT molecular complexity index is 421. The Balaban J connectivity index is 1.66. The van der Waals surface area contributed by atoms with Crippen LogP contribution in [0.1, 0.15) is 37.3 Å². The number of benzene rings is 1. The molecule has 0 amide bonds. The molecule has 104 valence electrons. The van der Waals surface area contributed by atoms with Crippen LogP contribution < -0.4 is 10.1 Å². The summed E-state index contributed by atoms with van der Waals surface area (Å²) in [4.78, 5) is 0. The molecular weight excluding hydrogens is 238 g/mol. The number of methoxy groups -OCH3 is 1. The van der Waals surface area contributed by atoms with Gasteiger partial charge in [0.15, 0.2) is 0 Å². The lowest BCUT2D eigenvalue weighted by Gasteiger charge is -2.22. The lowest BCUT2D eigenvalue weighted by atomic mass is 10.0. The zero-order valence-corrected chi connectivity index (χ0v) is 11.6. The van der Waals surface area contributed by atoms with Gasteiger partial charge in [-0.05, 0) is 49.3 Å². The third-order valence-electron chi connectivity index (χ3n) is 4.56. The van der Waals surface area contributed by atoms with E-state index in [-0.39, 0.29) is 5.41 Å². The number of aliphatic hydroxyl groups is 1. The quantitative estimate of drug-likeness (QED) is 0.792. The second-order valence-corrected chi connectivity index (χ2v) is 6.13. The molecule has 1 unspecified atom stereocenters.